The Kier molecular flexibility index (Phi) is 5.99. The van der Waals surface area contributed by atoms with E-state index < -0.39 is 0 Å². The molecule has 0 radical (unpaired) electrons. The smallest absolute Gasteiger partial charge is 0.0648 e. The van der Waals surface area contributed by atoms with E-state index in [4.69, 9.17) is 0 Å². The molecule has 0 aromatic heterocycles. The Morgan fingerprint density at radius 1 is 0.542 bits per heavy atom. The van der Waals surface area contributed by atoms with Gasteiger partial charge >= 0.3 is 0 Å². The highest BCUT2D eigenvalue weighted by Gasteiger charge is 2.17. The van der Waals surface area contributed by atoms with Crippen molar-refractivity contribution >= 4 is 69.2 Å². The molecule has 128 valence electrons. The van der Waals surface area contributed by atoms with Gasteiger partial charge in [-0.15, -0.1) is 47.0 Å². The molecule has 0 bridgehead atoms. The Morgan fingerprint density at radius 3 is 1.29 bits per heavy atom. The minimum absolute atomic E-state index is 1.10. The van der Waals surface area contributed by atoms with Crippen LogP contribution in [0.1, 0.15) is 0 Å². The first kappa shape index (κ1) is 17.1. The standard InChI is InChI=1S/C18H22N2S4/c1-3-15-16(17(5-1)19-11-21-7-8-22-12-19)4-2-6-18(15)20-13-23-9-10-24-14-20/h1-6H,7-14H2. The molecule has 2 saturated heterocycles. The molecule has 2 aromatic carbocycles. The number of nitrogens with zero attached hydrogens (tertiary/aromatic N) is 2. The molecule has 0 atom stereocenters. The van der Waals surface area contributed by atoms with Crippen LogP contribution in [0.3, 0.4) is 0 Å². The van der Waals surface area contributed by atoms with Crippen LogP contribution in [-0.4, -0.2) is 46.5 Å². The number of rotatable bonds is 2. The maximum atomic E-state index is 2.54. The van der Waals surface area contributed by atoms with Crippen LogP contribution in [0.4, 0.5) is 11.4 Å². The number of anilines is 2. The van der Waals surface area contributed by atoms with Gasteiger partial charge in [-0.2, -0.15) is 0 Å². The number of hydrogen-bond donors (Lipinski definition) is 0. The summed E-state index contributed by atoms with van der Waals surface area (Å²) in [6.07, 6.45) is 0. The molecule has 2 nitrogen and oxygen atoms in total. The molecule has 2 aromatic rings. The van der Waals surface area contributed by atoms with E-state index in [0.717, 1.165) is 23.5 Å². The molecule has 2 aliphatic rings. The summed E-state index contributed by atoms with van der Waals surface area (Å²) in [7, 11) is 0. The SMILES string of the molecule is c1cc(N2CSCCSC2)c2cccc(N3CSCCSC3)c2c1. The minimum Gasteiger partial charge on any atom is -0.353 e. The van der Waals surface area contributed by atoms with E-state index in [0.29, 0.717) is 0 Å². The molecule has 0 aliphatic carbocycles. The lowest BCUT2D eigenvalue weighted by Gasteiger charge is -2.26. The van der Waals surface area contributed by atoms with E-state index in [1.54, 1.807) is 0 Å². The van der Waals surface area contributed by atoms with Gasteiger partial charge in [0.15, 0.2) is 0 Å². The van der Waals surface area contributed by atoms with Gasteiger partial charge in [0.05, 0.1) is 23.5 Å². The van der Waals surface area contributed by atoms with Crippen LogP contribution in [-0.2, 0) is 0 Å². The largest absolute Gasteiger partial charge is 0.353 e. The second kappa shape index (κ2) is 8.39. The number of hydrogen-bond acceptors (Lipinski definition) is 6. The Bertz CT molecular complexity index is 619. The minimum atomic E-state index is 1.10. The zero-order chi connectivity index (χ0) is 16.2. The van der Waals surface area contributed by atoms with Gasteiger partial charge < -0.3 is 9.80 Å². The van der Waals surface area contributed by atoms with Gasteiger partial charge in [-0.05, 0) is 12.1 Å². The fraction of sp³-hybridized carbons (Fsp3) is 0.444. The molecule has 2 fully saturated rings. The first-order valence-corrected chi connectivity index (χ1v) is 12.9. The zero-order valence-electron chi connectivity index (χ0n) is 13.6. The van der Waals surface area contributed by atoms with Crippen molar-refractivity contribution in [1.29, 1.82) is 0 Å². The highest BCUT2D eigenvalue weighted by Crippen LogP contribution is 2.36. The van der Waals surface area contributed by atoms with Crippen LogP contribution < -0.4 is 9.80 Å². The van der Waals surface area contributed by atoms with Crippen molar-refractivity contribution in [3.63, 3.8) is 0 Å². The van der Waals surface area contributed by atoms with Crippen molar-refractivity contribution in [2.75, 3.05) is 56.3 Å². The first-order chi connectivity index (χ1) is 11.9. The summed E-state index contributed by atoms with van der Waals surface area (Å²) < 4.78 is 0. The average molecular weight is 395 g/mol. The molecule has 0 spiro atoms. The Balaban J connectivity index is 1.73. The summed E-state index contributed by atoms with van der Waals surface area (Å²) >= 11 is 8.20. The van der Waals surface area contributed by atoms with Crippen molar-refractivity contribution in [2.45, 2.75) is 0 Å². The molecular weight excluding hydrogens is 372 g/mol. The number of fused-ring (bicyclic) bond motifs is 1. The van der Waals surface area contributed by atoms with E-state index in [1.165, 1.54) is 45.2 Å². The summed E-state index contributed by atoms with van der Waals surface area (Å²) in [5.41, 5.74) is 2.79. The first-order valence-electron chi connectivity index (χ1n) is 8.26. The third-order valence-corrected chi connectivity index (χ3v) is 8.75. The second-order valence-corrected chi connectivity index (χ2v) is 10.2. The van der Waals surface area contributed by atoms with Crippen molar-refractivity contribution in [1.82, 2.24) is 0 Å². The Labute approximate surface area is 161 Å². The van der Waals surface area contributed by atoms with E-state index in [2.05, 4.69) is 93.2 Å². The molecule has 24 heavy (non-hydrogen) atoms. The normalized spacial score (nSPS) is 20.0. The van der Waals surface area contributed by atoms with Gasteiger partial charge in [-0.25, -0.2) is 0 Å². The summed E-state index contributed by atoms with van der Waals surface area (Å²) in [5.74, 6) is 9.46. The van der Waals surface area contributed by atoms with E-state index in [9.17, 15) is 0 Å². The lowest BCUT2D eigenvalue weighted by atomic mass is 10.1. The Hall–Kier alpha value is -0.300. The molecule has 2 heterocycles. The van der Waals surface area contributed by atoms with Crippen molar-refractivity contribution < 1.29 is 0 Å². The highest BCUT2D eigenvalue weighted by molar-refractivity contribution is 8.04. The zero-order valence-corrected chi connectivity index (χ0v) is 16.9. The number of benzene rings is 2. The van der Waals surface area contributed by atoms with Crippen molar-refractivity contribution in [3.8, 4) is 0 Å². The van der Waals surface area contributed by atoms with Crippen LogP contribution >= 0.6 is 47.0 Å². The van der Waals surface area contributed by atoms with Crippen LogP contribution in [0.25, 0.3) is 10.8 Å². The number of thioether (sulfide) groups is 4. The predicted octanol–water partition coefficient (Wildman–Crippen LogP) is 5.24. The second-order valence-electron chi connectivity index (χ2n) is 5.88. The van der Waals surface area contributed by atoms with Gasteiger partial charge in [0.2, 0.25) is 0 Å². The van der Waals surface area contributed by atoms with Gasteiger partial charge in [0.25, 0.3) is 0 Å². The Morgan fingerprint density at radius 2 is 0.917 bits per heavy atom. The summed E-state index contributed by atoms with van der Waals surface area (Å²) in [4.78, 5) is 5.08. The quantitative estimate of drug-likeness (QED) is 0.682. The van der Waals surface area contributed by atoms with Crippen molar-refractivity contribution in [3.05, 3.63) is 36.4 Å². The van der Waals surface area contributed by atoms with Gasteiger partial charge in [0, 0.05) is 45.2 Å². The lowest BCUT2D eigenvalue weighted by molar-refractivity contribution is 1.07. The van der Waals surface area contributed by atoms with Crippen LogP contribution in [0, 0.1) is 0 Å². The van der Waals surface area contributed by atoms with E-state index in [1.807, 2.05) is 0 Å². The lowest BCUT2D eigenvalue weighted by Crippen LogP contribution is -2.22. The van der Waals surface area contributed by atoms with Crippen LogP contribution in [0.2, 0.25) is 0 Å². The van der Waals surface area contributed by atoms with Gasteiger partial charge in [0.1, 0.15) is 0 Å². The summed E-state index contributed by atoms with van der Waals surface area (Å²) in [5, 5.41) is 2.80. The molecule has 6 heteroatoms. The molecule has 0 N–H and O–H groups in total. The molecule has 0 unspecified atom stereocenters. The predicted molar refractivity (Wildman–Crippen MR) is 118 cm³/mol. The molecule has 4 rings (SSSR count). The molecular formula is C18H22N2S4. The maximum Gasteiger partial charge on any atom is 0.0648 e. The topological polar surface area (TPSA) is 6.48 Å². The fourth-order valence-electron chi connectivity index (χ4n) is 3.12. The molecule has 2 aliphatic heterocycles. The third kappa shape index (κ3) is 3.76. The van der Waals surface area contributed by atoms with Crippen molar-refractivity contribution in [2.24, 2.45) is 0 Å². The maximum absolute atomic E-state index is 2.54. The highest BCUT2D eigenvalue weighted by atomic mass is 32.2. The summed E-state index contributed by atoms with van der Waals surface area (Å²) in [6.45, 7) is 0. The summed E-state index contributed by atoms with van der Waals surface area (Å²) in [6, 6.07) is 13.7. The average Bonchev–Trinajstić information content (AvgIpc) is 3.06. The third-order valence-electron chi connectivity index (χ3n) is 4.29. The fourth-order valence-corrected chi connectivity index (χ4v) is 7.55. The monoisotopic (exact) mass is 394 g/mol. The molecule has 0 saturated carbocycles. The van der Waals surface area contributed by atoms with E-state index in [-0.39, 0.29) is 0 Å². The van der Waals surface area contributed by atoms with Gasteiger partial charge in [-0.1, -0.05) is 24.3 Å². The van der Waals surface area contributed by atoms with Crippen LogP contribution in [0.15, 0.2) is 36.4 Å². The van der Waals surface area contributed by atoms with Crippen LogP contribution in [0.5, 0.6) is 0 Å². The van der Waals surface area contributed by atoms with E-state index >= 15 is 0 Å². The van der Waals surface area contributed by atoms with Gasteiger partial charge in [-0.3, -0.25) is 0 Å². The molecule has 0 amide bonds.